The number of benzene rings is 1. The molecule has 0 bridgehead atoms. The number of para-hydroxylation sites is 1. The number of amides is 2. The molecular weight excluding hydrogens is 336 g/mol. The van der Waals surface area contributed by atoms with E-state index in [1.807, 2.05) is 6.07 Å². The molecular formula is C19H26N2O5. The molecule has 0 radical (unpaired) electrons. The molecule has 1 heterocycles. The zero-order valence-corrected chi connectivity index (χ0v) is 15.3. The molecule has 0 spiro atoms. The van der Waals surface area contributed by atoms with E-state index in [1.54, 1.807) is 30.0 Å². The highest BCUT2D eigenvalue weighted by Gasteiger charge is 2.25. The molecule has 1 aliphatic rings. The van der Waals surface area contributed by atoms with Crippen LogP contribution in [0.2, 0.25) is 0 Å². The van der Waals surface area contributed by atoms with Crippen LogP contribution in [0.4, 0.5) is 0 Å². The summed E-state index contributed by atoms with van der Waals surface area (Å²) in [6, 6.07) is 7.10. The van der Waals surface area contributed by atoms with Crippen molar-refractivity contribution in [3.05, 3.63) is 29.8 Å². The van der Waals surface area contributed by atoms with Gasteiger partial charge in [0.1, 0.15) is 5.75 Å². The summed E-state index contributed by atoms with van der Waals surface area (Å²) in [6.07, 6.45) is 1.65. The van der Waals surface area contributed by atoms with Gasteiger partial charge in [0.2, 0.25) is 5.91 Å². The number of nitrogens with one attached hydrogen (secondary N) is 1. The van der Waals surface area contributed by atoms with Gasteiger partial charge in [0.15, 0.2) is 0 Å². The standard InChI is InChI=1S/C19H26N2O5/c1-3-26-18(23)9-8-17(22)21-12-10-14(11-13-21)20-19(24)15-6-4-5-7-16(15)25-2/h4-7,14H,3,8-13H2,1-2H3,(H,20,24). The van der Waals surface area contributed by atoms with Gasteiger partial charge in [-0.1, -0.05) is 12.1 Å². The van der Waals surface area contributed by atoms with Gasteiger partial charge in [-0.2, -0.15) is 0 Å². The Hall–Kier alpha value is -2.57. The maximum Gasteiger partial charge on any atom is 0.306 e. The maximum atomic E-state index is 12.4. The van der Waals surface area contributed by atoms with Crippen molar-refractivity contribution in [1.29, 1.82) is 0 Å². The lowest BCUT2D eigenvalue weighted by atomic mass is 10.0. The normalized spacial score (nSPS) is 14.6. The lowest BCUT2D eigenvalue weighted by Gasteiger charge is -2.32. The van der Waals surface area contributed by atoms with E-state index in [9.17, 15) is 14.4 Å². The number of ether oxygens (including phenoxy) is 2. The first-order valence-corrected chi connectivity index (χ1v) is 8.92. The summed E-state index contributed by atoms with van der Waals surface area (Å²) in [7, 11) is 1.53. The van der Waals surface area contributed by atoms with Crippen molar-refractivity contribution in [3.63, 3.8) is 0 Å². The van der Waals surface area contributed by atoms with Gasteiger partial charge >= 0.3 is 5.97 Å². The average molecular weight is 362 g/mol. The van der Waals surface area contributed by atoms with Crippen molar-refractivity contribution in [2.24, 2.45) is 0 Å². The minimum atomic E-state index is -0.347. The van der Waals surface area contributed by atoms with Crippen LogP contribution < -0.4 is 10.1 Å². The minimum Gasteiger partial charge on any atom is -0.496 e. The van der Waals surface area contributed by atoms with Gasteiger partial charge in [0.25, 0.3) is 5.91 Å². The van der Waals surface area contributed by atoms with Gasteiger partial charge in [0, 0.05) is 25.6 Å². The molecule has 7 nitrogen and oxygen atoms in total. The van der Waals surface area contributed by atoms with Crippen LogP contribution in [0.15, 0.2) is 24.3 Å². The molecule has 1 aliphatic heterocycles. The van der Waals surface area contributed by atoms with E-state index >= 15 is 0 Å². The number of esters is 1. The number of nitrogens with zero attached hydrogens (tertiary/aromatic N) is 1. The number of hydrogen-bond acceptors (Lipinski definition) is 5. The Bertz CT molecular complexity index is 639. The molecule has 142 valence electrons. The van der Waals surface area contributed by atoms with Gasteiger partial charge in [-0.25, -0.2) is 0 Å². The summed E-state index contributed by atoms with van der Waals surface area (Å²) in [4.78, 5) is 37.7. The van der Waals surface area contributed by atoms with Crippen LogP contribution in [0.25, 0.3) is 0 Å². The second-order valence-electron chi connectivity index (χ2n) is 6.13. The van der Waals surface area contributed by atoms with E-state index in [0.717, 1.165) is 0 Å². The number of piperidine rings is 1. The molecule has 0 atom stereocenters. The second-order valence-corrected chi connectivity index (χ2v) is 6.13. The number of hydrogen-bond donors (Lipinski definition) is 1. The predicted molar refractivity (Wildman–Crippen MR) is 95.9 cm³/mol. The fourth-order valence-corrected chi connectivity index (χ4v) is 2.97. The van der Waals surface area contributed by atoms with Crippen LogP contribution in [0.3, 0.4) is 0 Å². The number of carbonyl (C=O) groups excluding carboxylic acids is 3. The van der Waals surface area contributed by atoms with Gasteiger partial charge in [-0.05, 0) is 31.9 Å². The predicted octanol–water partition coefficient (Wildman–Crippen LogP) is 1.76. The van der Waals surface area contributed by atoms with E-state index in [2.05, 4.69) is 5.32 Å². The minimum absolute atomic E-state index is 0.0153. The summed E-state index contributed by atoms with van der Waals surface area (Å²) < 4.78 is 10.1. The van der Waals surface area contributed by atoms with Gasteiger partial charge in [0.05, 0.1) is 25.7 Å². The molecule has 0 saturated carbocycles. The second kappa shape index (κ2) is 9.79. The smallest absolute Gasteiger partial charge is 0.306 e. The van der Waals surface area contributed by atoms with Crippen molar-refractivity contribution in [1.82, 2.24) is 10.2 Å². The molecule has 1 N–H and O–H groups in total. The van der Waals surface area contributed by atoms with Gasteiger partial charge in [-0.3, -0.25) is 14.4 Å². The van der Waals surface area contributed by atoms with Crippen molar-refractivity contribution < 1.29 is 23.9 Å². The Morgan fingerprint density at radius 3 is 2.50 bits per heavy atom. The highest BCUT2D eigenvalue weighted by Crippen LogP contribution is 2.18. The van der Waals surface area contributed by atoms with Crippen LogP contribution in [0.1, 0.15) is 43.0 Å². The molecule has 2 rings (SSSR count). The van der Waals surface area contributed by atoms with Gasteiger partial charge in [-0.15, -0.1) is 0 Å². The van der Waals surface area contributed by atoms with Crippen LogP contribution in [0.5, 0.6) is 5.75 Å². The third-order valence-electron chi connectivity index (χ3n) is 4.38. The summed E-state index contributed by atoms with van der Waals surface area (Å²) in [5, 5.41) is 3.01. The molecule has 0 unspecified atom stereocenters. The third kappa shape index (κ3) is 5.47. The number of likely N-dealkylation sites (tertiary alicyclic amines) is 1. The van der Waals surface area contributed by atoms with Crippen molar-refractivity contribution in [2.45, 2.75) is 38.6 Å². The third-order valence-corrected chi connectivity index (χ3v) is 4.38. The highest BCUT2D eigenvalue weighted by molar-refractivity contribution is 5.97. The quantitative estimate of drug-likeness (QED) is 0.747. The lowest BCUT2D eigenvalue weighted by molar-refractivity contribution is -0.145. The molecule has 1 fully saturated rings. The molecule has 26 heavy (non-hydrogen) atoms. The van der Waals surface area contributed by atoms with Gasteiger partial charge < -0.3 is 19.7 Å². The molecule has 1 aromatic carbocycles. The van der Waals surface area contributed by atoms with E-state index in [0.29, 0.717) is 43.9 Å². The van der Waals surface area contributed by atoms with E-state index in [-0.39, 0.29) is 36.7 Å². The Morgan fingerprint density at radius 2 is 1.85 bits per heavy atom. The first-order valence-electron chi connectivity index (χ1n) is 8.92. The number of rotatable bonds is 7. The fraction of sp³-hybridized carbons (Fsp3) is 0.526. The summed E-state index contributed by atoms with van der Waals surface area (Å²) in [5.74, 6) is -0.0292. The summed E-state index contributed by atoms with van der Waals surface area (Å²) in [5.41, 5.74) is 0.503. The van der Waals surface area contributed by atoms with Crippen LogP contribution >= 0.6 is 0 Å². The Morgan fingerprint density at radius 1 is 1.15 bits per heavy atom. The number of carbonyl (C=O) groups is 3. The zero-order chi connectivity index (χ0) is 18.9. The van der Waals surface area contributed by atoms with Crippen molar-refractivity contribution in [3.8, 4) is 5.75 Å². The monoisotopic (exact) mass is 362 g/mol. The maximum absolute atomic E-state index is 12.4. The lowest BCUT2D eigenvalue weighted by Crippen LogP contribution is -2.46. The number of methoxy groups -OCH3 is 1. The van der Waals surface area contributed by atoms with Crippen LogP contribution in [0, 0.1) is 0 Å². The van der Waals surface area contributed by atoms with Crippen molar-refractivity contribution >= 4 is 17.8 Å². The topological polar surface area (TPSA) is 84.9 Å². The fourth-order valence-electron chi connectivity index (χ4n) is 2.97. The van der Waals surface area contributed by atoms with E-state index < -0.39 is 0 Å². The van der Waals surface area contributed by atoms with E-state index in [4.69, 9.17) is 9.47 Å². The first kappa shape index (κ1) is 19.8. The molecule has 1 saturated heterocycles. The summed E-state index contributed by atoms with van der Waals surface area (Å²) >= 11 is 0. The molecule has 1 aromatic rings. The average Bonchev–Trinajstić information content (AvgIpc) is 2.66. The Balaban J connectivity index is 1.78. The first-order chi connectivity index (χ1) is 12.5. The zero-order valence-electron chi connectivity index (χ0n) is 15.3. The molecule has 7 heteroatoms. The molecule has 2 amide bonds. The Labute approximate surface area is 153 Å². The molecule has 0 aliphatic carbocycles. The van der Waals surface area contributed by atoms with E-state index in [1.165, 1.54) is 7.11 Å². The Kier molecular flexibility index (Phi) is 7.44. The van der Waals surface area contributed by atoms with Crippen molar-refractivity contribution in [2.75, 3.05) is 26.8 Å². The largest absolute Gasteiger partial charge is 0.496 e. The summed E-state index contributed by atoms with van der Waals surface area (Å²) in [6.45, 7) is 3.20. The SMILES string of the molecule is CCOC(=O)CCC(=O)N1CCC(NC(=O)c2ccccc2OC)CC1. The van der Waals surface area contributed by atoms with Crippen LogP contribution in [-0.2, 0) is 14.3 Å². The van der Waals surface area contributed by atoms with Crippen LogP contribution in [-0.4, -0.2) is 55.5 Å². The highest BCUT2D eigenvalue weighted by atomic mass is 16.5. The molecule has 0 aromatic heterocycles.